The van der Waals surface area contributed by atoms with Gasteiger partial charge >= 0.3 is 0 Å². The van der Waals surface area contributed by atoms with Gasteiger partial charge in [-0.15, -0.1) is 0 Å². The van der Waals surface area contributed by atoms with E-state index in [4.69, 9.17) is 5.10 Å². The summed E-state index contributed by atoms with van der Waals surface area (Å²) in [4.78, 5) is 30.4. The fourth-order valence-corrected chi connectivity index (χ4v) is 3.75. The molecule has 4 rings (SSSR count). The summed E-state index contributed by atoms with van der Waals surface area (Å²) in [7, 11) is 0. The van der Waals surface area contributed by atoms with Gasteiger partial charge in [-0.1, -0.05) is 20.8 Å². The molecule has 0 aromatic carbocycles. The van der Waals surface area contributed by atoms with Crippen molar-refractivity contribution in [1.29, 1.82) is 0 Å². The monoisotopic (exact) mass is 366 g/mol. The fraction of sp³-hybridized carbons (Fsp3) is 0.421. The molecule has 0 fully saturated rings. The first kappa shape index (κ1) is 17.4. The molecule has 8 nitrogen and oxygen atoms in total. The summed E-state index contributed by atoms with van der Waals surface area (Å²) in [6.07, 6.45) is 4.91. The van der Waals surface area contributed by atoms with Crippen LogP contribution in [0.1, 0.15) is 50.2 Å². The zero-order chi connectivity index (χ0) is 19.3. The summed E-state index contributed by atoms with van der Waals surface area (Å²) in [5.74, 6) is -0.242. The summed E-state index contributed by atoms with van der Waals surface area (Å²) in [6.45, 7) is 8.47. The van der Waals surface area contributed by atoms with Crippen LogP contribution in [0.25, 0.3) is 27.6 Å². The van der Waals surface area contributed by atoms with Gasteiger partial charge < -0.3 is 0 Å². The normalized spacial score (nSPS) is 11.9. The summed E-state index contributed by atoms with van der Waals surface area (Å²) in [5, 5.41) is 10.3. The number of hydrogen-bond acceptors (Lipinski definition) is 5. The van der Waals surface area contributed by atoms with Crippen molar-refractivity contribution in [3.05, 3.63) is 34.0 Å². The average Bonchev–Trinajstić information content (AvgIpc) is 3.28. The van der Waals surface area contributed by atoms with Crippen LogP contribution in [0.2, 0.25) is 0 Å². The lowest BCUT2D eigenvalue weighted by molar-refractivity contribution is 0.0909. The minimum absolute atomic E-state index is 0.236. The van der Waals surface area contributed by atoms with Gasteiger partial charge in [-0.3, -0.25) is 9.59 Å². The van der Waals surface area contributed by atoms with Crippen LogP contribution in [0.5, 0.6) is 0 Å². The molecular formula is C19H22N6O2. The van der Waals surface area contributed by atoms with E-state index < -0.39 is 0 Å². The third-order valence-electron chi connectivity index (χ3n) is 5.07. The summed E-state index contributed by atoms with van der Waals surface area (Å²) >= 11 is 0. The Balaban J connectivity index is 2.33. The second-order valence-electron chi connectivity index (χ2n) is 6.47. The van der Waals surface area contributed by atoms with Crippen LogP contribution in [0.3, 0.4) is 0 Å². The summed E-state index contributed by atoms with van der Waals surface area (Å²) in [6, 6.07) is 0. The molecule has 0 unspecified atom stereocenters. The highest BCUT2D eigenvalue weighted by Crippen LogP contribution is 2.26. The number of pyridine rings is 1. The number of hydrogen-bond donors (Lipinski definition) is 0. The van der Waals surface area contributed by atoms with Crippen molar-refractivity contribution in [3.8, 4) is 0 Å². The third kappa shape index (κ3) is 2.25. The minimum Gasteiger partial charge on any atom is -0.274 e. The van der Waals surface area contributed by atoms with E-state index in [1.807, 2.05) is 20.8 Å². The smallest absolute Gasteiger partial charge is 0.270 e. The molecule has 0 saturated heterocycles. The van der Waals surface area contributed by atoms with Gasteiger partial charge in [0.25, 0.3) is 5.56 Å². The van der Waals surface area contributed by atoms with E-state index in [1.54, 1.807) is 22.3 Å². The molecule has 0 aliphatic heterocycles. The van der Waals surface area contributed by atoms with Gasteiger partial charge in [0.15, 0.2) is 5.65 Å². The van der Waals surface area contributed by atoms with E-state index in [9.17, 15) is 9.59 Å². The second kappa shape index (κ2) is 6.29. The van der Waals surface area contributed by atoms with Crippen molar-refractivity contribution < 1.29 is 4.79 Å². The van der Waals surface area contributed by atoms with E-state index in [0.717, 1.165) is 23.1 Å². The Bertz CT molecular complexity index is 1260. The molecule has 0 N–H and O–H groups in total. The molecular weight excluding hydrogens is 344 g/mol. The standard InChI is InChI=1S/C19H22N6O2/c1-5-11-14(6-2)22-25-16-12-10-21-23(8-4)17(12)20-9-13(16)19(27)24(18(11)25)15(26)7-3/h9-10H,5-8H2,1-4H3. The predicted molar refractivity (Wildman–Crippen MR) is 103 cm³/mol. The van der Waals surface area contributed by atoms with Gasteiger partial charge in [-0.2, -0.15) is 10.2 Å². The fourth-order valence-electron chi connectivity index (χ4n) is 3.75. The quantitative estimate of drug-likeness (QED) is 0.554. The molecule has 8 heteroatoms. The molecule has 0 saturated carbocycles. The average molecular weight is 366 g/mol. The first-order valence-electron chi connectivity index (χ1n) is 9.40. The Hall–Kier alpha value is -3.03. The van der Waals surface area contributed by atoms with E-state index in [-0.39, 0.29) is 17.9 Å². The Morgan fingerprint density at radius 1 is 1.07 bits per heavy atom. The maximum Gasteiger partial charge on any atom is 0.270 e. The van der Waals surface area contributed by atoms with Crippen LogP contribution < -0.4 is 5.56 Å². The van der Waals surface area contributed by atoms with Crippen LogP contribution in [0.4, 0.5) is 0 Å². The molecule has 0 aliphatic carbocycles. The van der Waals surface area contributed by atoms with Gasteiger partial charge in [-0.25, -0.2) is 18.7 Å². The number of carbonyl (C=O) groups is 1. The van der Waals surface area contributed by atoms with Crippen molar-refractivity contribution in [1.82, 2.24) is 28.9 Å². The van der Waals surface area contributed by atoms with Gasteiger partial charge in [0.05, 0.1) is 28.2 Å². The van der Waals surface area contributed by atoms with E-state index >= 15 is 0 Å². The molecule has 0 atom stereocenters. The Labute approximate surface area is 155 Å². The number of fused-ring (bicyclic) bond motifs is 5. The van der Waals surface area contributed by atoms with Gasteiger partial charge in [-0.05, 0) is 19.8 Å². The number of carbonyl (C=O) groups excluding carboxylic acids is 1. The van der Waals surface area contributed by atoms with E-state index in [0.29, 0.717) is 35.2 Å². The van der Waals surface area contributed by atoms with Crippen LogP contribution in [0, 0.1) is 0 Å². The van der Waals surface area contributed by atoms with Crippen molar-refractivity contribution >= 4 is 33.5 Å². The van der Waals surface area contributed by atoms with Crippen LogP contribution in [-0.2, 0) is 19.4 Å². The van der Waals surface area contributed by atoms with Crippen LogP contribution >= 0.6 is 0 Å². The summed E-state index contributed by atoms with van der Waals surface area (Å²) in [5.41, 5.74) is 3.42. The van der Waals surface area contributed by atoms with Gasteiger partial charge in [0, 0.05) is 24.7 Å². The SMILES string of the molecule is CCC(=O)n1c(=O)c2cnc3c(cnn3CC)c2n2nc(CC)c(CC)c12. The van der Waals surface area contributed by atoms with Crippen molar-refractivity contribution in [2.75, 3.05) is 0 Å². The van der Waals surface area contributed by atoms with Crippen molar-refractivity contribution in [2.24, 2.45) is 0 Å². The van der Waals surface area contributed by atoms with Crippen LogP contribution in [0.15, 0.2) is 17.2 Å². The zero-order valence-electron chi connectivity index (χ0n) is 16.0. The third-order valence-corrected chi connectivity index (χ3v) is 5.07. The maximum absolute atomic E-state index is 13.3. The molecule has 27 heavy (non-hydrogen) atoms. The molecule has 0 amide bonds. The lowest BCUT2D eigenvalue weighted by Gasteiger charge is -2.11. The number of aryl methyl sites for hydroxylation is 3. The molecule has 4 heterocycles. The van der Waals surface area contributed by atoms with Crippen LogP contribution in [-0.4, -0.2) is 34.9 Å². The molecule has 0 radical (unpaired) electrons. The Morgan fingerprint density at radius 3 is 2.48 bits per heavy atom. The first-order valence-corrected chi connectivity index (χ1v) is 9.40. The predicted octanol–water partition coefficient (Wildman–Crippen LogP) is 2.59. The number of aromatic nitrogens is 6. The highest BCUT2D eigenvalue weighted by molar-refractivity contribution is 6.03. The number of rotatable bonds is 4. The van der Waals surface area contributed by atoms with Crippen molar-refractivity contribution in [3.63, 3.8) is 0 Å². The topological polar surface area (TPSA) is 87.1 Å². The van der Waals surface area contributed by atoms with Crippen molar-refractivity contribution in [2.45, 2.75) is 53.5 Å². The largest absolute Gasteiger partial charge is 0.274 e. The number of nitrogens with zero attached hydrogens (tertiary/aromatic N) is 6. The highest BCUT2D eigenvalue weighted by Gasteiger charge is 2.23. The van der Waals surface area contributed by atoms with E-state index in [1.165, 1.54) is 10.8 Å². The minimum atomic E-state index is -0.347. The first-order chi connectivity index (χ1) is 13.1. The molecule has 4 aromatic heterocycles. The maximum atomic E-state index is 13.3. The molecule has 4 aromatic rings. The molecule has 0 spiro atoms. The van der Waals surface area contributed by atoms with E-state index in [2.05, 4.69) is 10.1 Å². The molecule has 0 bridgehead atoms. The molecule has 140 valence electrons. The Morgan fingerprint density at radius 2 is 1.85 bits per heavy atom. The molecule has 0 aliphatic rings. The zero-order valence-corrected chi connectivity index (χ0v) is 16.0. The van der Waals surface area contributed by atoms with Gasteiger partial charge in [0.2, 0.25) is 5.91 Å². The lowest BCUT2D eigenvalue weighted by atomic mass is 10.1. The Kier molecular flexibility index (Phi) is 4.05. The second-order valence-corrected chi connectivity index (χ2v) is 6.47. The lowest BCUT2D eigenvalue weighted by Crippen LogP contribution is -2.29. The van der Waals surface area contributed by atoms with Gasteiger partial charge in [0.1, 0.15) is 5.65 Å². The highest BCUT2D eigenvalue weighted by atomic mass is 16.2. The summed E-state index contributed by atoms with van der Waals surface area (Å²) < 4.78 is 4.80.